The van der Waals surface area contributed by atoms with Gasteiger partial charge in [0.25, 0.3) is 0 Å². The van der Waals surface area contributed by atoms with Crippen LogP contribution in [0.15, 0.2) is 78.9 Å². The molecule has 3 aromatic carbocycles. The van der Waals surface area contributed by atoms with Gasteiger partial charge in [0.05, 0.1) is 24.7 Å². The number of likely N-dealkylation sites (tertiary alicyclic amines) is 1. The third-order valence-electron chi connectivity index (χ3n) is 6.12. The SMILES string of the molecule is COc1ccc(OCCn2c([C@H]3CC(=O)N(Cc4ccccc4)C3)nc3ccccc32)cc1. The van der Waals surface area contributed by atoms with E-state index < -0.39 is 0 Å². The molecule has 1 amide bonds. The van der Waals surface area contributed by atoms with Gasteiger partial charge in [-0.15, -0.1) is 0 Å². The largest absolute Gasteiger partial charge is 0.497 e. The maximum Gasteiger partial charge on any atom is 0.223 e. The molecule has 1 aliphatic heterocycles. The molecule has 0 aliphatic carbocycles. The highest BCUT2D eigenvalue weighted by atomic mass is 16.5. The van der Waals surface area contributed by atoms with Gasteiger partial charge in [-0.05, 0) is 42.0 Å². The molecule has 0 spiro atoms. The molecule has 1 aliphatic rings. The smallest absolute Gasteiger partial charge is 0.223 e. The number of carbonyl (C=O) groups is 1. The van der Waals surface area contributed by atoms with E-state index in [9.17, 15) is 4.79 Å². The Hall–Kier alpha value is -3.80. The van der Waals surface area contributed by atoms with Gasteiger partial charge in [0, 0.05) is 25.4 Å². The van der Waals surface area contributed by atoms with Gasteiger partial charge in [-0.3, -0.25) is 4.79 Å². The molecule has 6 heteroatoms. The zero-order chi connectivity index (χ0) is 22.6. The summed E-state index contributed by atoms with van der Waals surface area (Å²) in [7, 11) is 1.65. The molecule has 0 N–H and O–H groups in total. The molecule has 4 aromatic rings. The summed E-state index contributed by atoms with van der Waals surface area (Å²) in [5.41, 5.74) is 3.17. The number of nitrogens with zero attached hydrogens (tertiary/aromatic N) is 3. The van der Waals surface area contributed by atoms with Crippen molar-refractivity contribution in [2.24, 2.45) is 0 Å². The topological polar surface area (TPSA) is 56.6 Å². The molecule has 1 aromatic heterocycles. The van der Waals surface area contributed by atoms with E-state index in [2.05, 4.69) is 22.8 Å². The standard InChI is InChI=1S/C27H27N3O3/c1-32-22-11-13-23(14-12-22)33-16-15-30-25-10-6-5-9-24(25)28-27(30)21-17-26(31)29(19-21)18-20-7-3-2-4-8-20/h2-14,21H,15-19H2,1H3/t21-/m0/s1. The fourth-order valence-electron chi connectivity index (χ4n) is 4.47. The number of aromatic nitrogens is 2. The summed E-state index contributed by atoms with van der Waals surface area (Å²) >= 11 is 0. The van der Waals surface area contributed by atoms with Gasteiger partial charge in [0.2, 0.25) is 5.91 Å². The van der Waals surface area contributed by atoms with E-state index in [1.54, 1.807) is 7.11 Å². The fourth-order valence-corrected chi connectivity index (χ4v) is 4.47. The molecule has 33 heavy (non-hydrogen) atoms. The average Bonchev–Trinajstić information content (AvgIpc) is 3.40. The van der Waals surface area contributed by atoms with Gasteiger partial charge in [-0.2, -0.15) is 0 Å². The highest BCUT2D eigenvalue weighted by molar-refractivity contribution is 5.81. The van der Waals surface area contributed by atoms with Crippen molar-refractivity contribution in [3.8, 4) is 11.5 Å². The minimum absolute atomic E-state index is 0.0644. The summed E-state index contributed by atoms with van der Waals surface area (Å²) in [6.45, 7) is 2.48. The van der Waals surface area contributed by atoms with E-state index in [1.165, 1.54) is 0 Å². The Balaban J connectivity index is 1.33. The Bertz CT molecular complexity index is 1230. The maximum atomic E-state index is 12.8. The molecule has 0 bridgehead atoms. The predicted octanol–water partition coefficient (Wildman–Crippen LogP) is 4.64. The van der Waals surface area contributed by atoms with Crippen LogP contribution >= 0.6 is 0 Å². The van der Waals surface area contributed by atoms with Crippen molar-refractivity contribution in [2.75, 3.05) is 20.3 Å². The van der Waals surface area contributed by atoms with E-state index in [1.807, 2.05) is 65.6 Å². The molecular formula is C27H27N3O3. The second-order valence-corrected chi connectivity index (χ2v) is 8.30. The quantitative estimate of drug-likeness (QED) is 0.400. The molecular weight excluding hydrogens is 414 g/mol. The number of amides is 1. The molecule has 0 unspecified atom stereocenters. The summed E-state index contributed by atoms with van der Waals surface area (Å²) in [6, 6.07) is 25.9. The molecule has 1 saturated heterocycles. The van der Waals surface area contributed by atoms with Crippen molar-refractivity contribution in [1.29, 1.82) is 0 Å². The van der Waals surface area contributed by atoms with E-state index in [0.29, 0.717) is 32.7 Å². The number of hydrogen-bond donors (Lipinski definition) is 0. The molecule has 5 rings (SSSR count). The molecule has 0 radical (unpaired) electrons. The molecule has 1 atom stereocenters. The van der Waals surface area contributed by atoms with Crippen LogP contribution in [0.5, 0.6) is 11.5 Å². The van der Waals surface area contributed by atoms with Crippen LogP contribution in [0.3, 0.4) is 0 Å². The Morgan fingerprint density at radius 3 is 2.45 bits per heavy atom. The Labute approximate surface area is 193 Å². The van der Waals surface area contributed by atoms with E-state index in [4.69, 9.17) is 14.5 Å². The zero-order valence-electron chi connectivity index (χ0n) is 18.7. The normalized spacial score (nSPS) is 15.8. The first-order valence-electron chi connectivity index (χ1n) is 11.2. The van der Waals surface area contributed by atoms with Crippen LogP contribution in [0.1, 0.15) is 23.7 Å². The van der Waals surface area contributed by atoms with Gasteiger partial charge in [0.15, 0.2) is 0 Å². The molecule has 1 fully saturated rings. The number of ether oxygens (including phenoxy) is 2. The molecule has 2 heterocycles. The maximum absolute atomic E-state index is 12.8. The first-order valence-corrected chi connectivity index (χ1v) is 11.2. The molecule has 6 nitrogen and oxygen atoms in total. The number of imidazole rings is 1. The van der Waals surface area contributed by atoms with Crippen molar-refractivity contribution in [1.82, 2.24) is 14.5 Å². The summed E-state index contributed by atoms with van der Waals surface area (Å²) in [5, 5.41) is 0. The number of carbonyl (C=O) groups excluding carboxylic acids is 1. The van der Waals surface area contributed by atoms with Gasteiger partial charge >= 0.3 is 0 Å². The average molecular weight is 442 g/mol. The molecule has 0 saturated carbocycles. The number of rotatable bonds is 8. The van der Waals surface area contributed by atoms with Crippen LogP contribution < -0.4 is 9.47 Å². The minimum atomic E-state index is 0.0644. The van der Waals surface area contributed by atoms with E-state index in [-0.39, 0.29) is 11.8 Å². The van der Waals surface area contributed by atoms with Crippen molar-refractivity contribution < 1.29 is 14.3 Å². The summed E-state index contributed by atoms with van der Waals surface area (Å²) in [4.78, 5) is 19.7. The highest BCUT2D eigenvalue weighted by Gasteiger charge is 2.33. The van der Waals surface area contributed by atoms with E-state index >= 15 is 0 Å². The lowest BCUT2D eigenvalue weighted by molar-refractivity contribution is -0.128. The number of methoxy groups -OCH3 is 1. The van der Waals surface area contributed by atoms with E-state index in [0.717, 1.165) is 33.9 Å². The van der Waals surface area contributed by atoms with Crippen LogP contribution in [0.25, 0.3) is 11.0 Å². The van der Waals surface area contributed by atoms with Crippen molar-refractivity contribution in [3.05, 3.63) is 90.3 Å². The predicted molar refractivity (Wildman–Crippen MR) is 127 cm³/mol. The first-order chi connectivity index (χ1) is 16.2. The lowest BCUT2D eigenvalue weighted by Gasteiger charge is -2.17. The minimum Gasteiger partial charge on any atom is -0.497 e. The van der Waals surface area contributed by atoms with Gasteiger partial charge in [-0.25, -0.2) is 4.98 Å². The second-order valence-electron chi connectivity index (χ2n) is 8.30. The van der Waals surface area contributed by atoms with Gasteiger partial charge < -0.3 is 18.9 Å². The summed E-state index contributed by atoms with van der Waals surface area (Å²) in [5.74, 6) is 2.80. The monoisotopic (exact) mass is 441 g/mol. The van der Waals surface area contributed by atoms with Crippen LogP contribution in [0.4, 0.5) is 0 Å². The van der Waals surface area contributed by atoms with Crippen LogP contribution in [-0.4, -0.2) is 40.6 Å². The second kappa shape index (κ2) is 9.36. The fraction of sp³-hybridized carbons (Fsp3) is 0.259. The first kappa shape index (κ1) is 21.1. The number of fused-ring (bicyclic) bond motifs is 1. The van der Waals surface area contributed by atoms with Gasteiger partial charge in [-0.1, -0.05) is 42.5 Å². The lowest BCUT2D eigenvalue weighted by Crippen LogP contribution is -2.24. The van der Waals surface area contributed by atoms with Crippen LogP contribution in [0.2, 0.25) is 0 Å². The Morgan fingerprint density at radius 1 is 0.939 bits per heavy atom. The van der Waals surface area contributed by atoms with Crippen molar-refractivity contribution >= 4 is 16.9 Å². The number of hydrogen-bond acceptors (Lipinski definition) is 4. The third-order valence-corrected chi connectivity index (χ3v) is 6.12. The third kappa shape index (κ3) is 4.55. The summed E-state index contributed by atoms with van der Waals surface area (Å²) in [6.07, 6.45) is 0.482. The van der Waals surface area contributed by atoms with Crippen molar-refractivity contribution in [3.63, 3.8) is 0 Å². The van der Waals surface area contributed by atoms with Crippen molar-refractivity contribution in [2.45, 2.75) is 25.4 Å². The number of benzene rings is 3. The van der Waals surface area contributed by atoms with Crippen LogP contribution in [-0.2, 0) is 17.9 Å². The van der Waals surface area contributed by atoms with Crippen LogP contribution in [0, 0.1) is 0 Å². The lowest BCUT2D eigenvalue weighted by atomic mass is 10.1. The number of para-hydroxylation sites is 2. The highest BCUT2D eigenvalue weighted by Crippen LogP contribution is 2.31. The van der Waals surface area contributed by atoms with Gasteiger partial charge in [0.1, 0.15) is 23.9 Å². The molecule has 168 valence electrons. The summed E-state index contributed by atoms with van der Waals surface area (Å²) < 4.78 is 13.4. The zero-order valence-corrected chi connectivity index (χ0v) is 18.7. The Morgan fingerprint density at radius 2 is 1.67 bits per heavy atom. The Kier molecular flexibility index (Phi) is 5.98.